The second-order valence-corrected chi connectivity index (χ2v) is 9.14. The van der Waals surface area contributed by atoms with E-state index >= 15 is 0 Å². The summed E-state index contributed by atoms with van der Waals surface area (Å²) < 4.78 is 0. The van der Waals surface area contributed by atoms with Crippen LogP contribution in [0.4, 0.5) is 17.1 Å². The first-order valence-corrected chi connectivity index (χ1v) is 11.7. The molecule has 2 heterocycles. The number of rotatable bonds is 7. The molecule has 1 saturated heterocycles. The number of hydrogen-bond acceptors (Lipinski definition) is 4. The molecule has 7 nitrogen and oxygen atoms in total. The smallest absolute Gasteiger partial charge is 0.257 e. The molecule has 0 aliphatic carbocycles. The molecule has 1 unspecified atom stereocenters. The van der Waals surface area contributed by atoms with E-state index in [-0.39, 0.29) is 30.7 Å². The summed E-state index contributed by atoms with van der Waals surface area (Å²) in [6, 6.07) is 15.4. The average molecular weight is 449 g/mol. The van der Waals surface area contributed by atoms with Crippen LogP contribution >= 0.6 is 0 Å². The lowest BCUT2D eigenvalue weighted by atomic mass is 9.98. The zero-order valence-corrected chi connectivity index (χ0v) is 19.8. The Morgan fingerprint density at radius 1 is 1.12 bits per heavy atom. The van der Waals surface area contributed by atoms with Crippen LogP contribution in [0.25, 0.3) is 0 Å². The Morgan fingerprint density at radius 2 is 1.82 bits per heavy atom. The van der Waals surface area contributed by atoms with Gasteiger partial charge in [-0.3, -0.25) is 19.3 Å². The topological polar surface area (TPSA) is 73.0 Å². The van der Waals surface area contributed by atoms with Crippen LogP contribution < -0.4 is 15.1 Å². The quantitative estimate of drug-likeness (QED) is 0.687. The average Bonchev–Trinajstić information content (AvgIpc) is 3.10. The number of anilines is 3. The van der Waals surface area contributed by atoms with Gasteiger partial charge in [0.15, 0.2) is 0 Å². The summed E-state index contributed by atoms with van der Waals surface area (Å²) in [5.41, 5.74) is 2.26. The molecule has 0 aromatic heterocycles. The van der Waals surface area contributed by atoms with Crippen molar-refractivity contribution >= 4 is 34.8 Å². The van der Waals surface area contributed by atoms with E-state index in [1.54, 1.807) is 21.9 Å². The first-order chi connectivity index (χ1) is 15.8. The van der Waals surface area contributed by atoms with Gasteiger partial charge in [-0.1, -0.05) is 12.1 Å². The molecule has 0 spiro atoms. The van der Waals surface area contributed by atoms with Crippen LogP contribution in [-0.4, -0.2) is 47.4 Å². The minimum atomic E-state index is -0.745. The minimum Gasteiger partial charge on any atom is -0.369 e. The van der Waals surface area contributed by atoms with E-state index < -0.39 is 5.66 Å². The molecule has 1 fully saturated rings. The molecular formula is C26H32N4O3. The van der Waals surface area contributed by atoms with Gasteiger partial charge in [-0.15, -0.1) is 0 Å². The summed E-state index contributed by atoms with van der Waals surface area (Å²) in [6.07, 6.45) is 1.09. The van der Waals surface area contributed by atoms with Gasteiger partial charge in [0.25, 0.3) is 5.91 Å². The fourth-order valence-corrected chi connectivity index (χ4v) is 5.06. The Labute approximate surface area is 195 Å². The van der Waals surface area contributed by atoms with Crippen LogP contribution in [0.1, 0.15) is 57.3 Å². The number of nitrogens with one attached hydrogen (secondary N) is 1. The number of carbonyl (C=O) groups excluding carboxylic acids is 3. The third-order valence-electron chi connectivity index (χ3n) is 6.75. The molecule has 1 N–H and O–H groups in total. The lowest BCUT2D eigenvalue weighted by Gasteiger charge is -2.48. The van der Waals surface area contributed by atoms with E-state index in [0.29, 0.717) is 30.1 Å². The van der Waals surface area contributed by atoms with E-state index in [4.69, 9.17) is 0 Å². The maximum atomic E-state index is 13.3. The molecule has 2 aromatic carbocycles. The monoisotopic (exact) mass is 448 g/mol. The maximum absolute atomic E-state index is 13.3. The Hall–Kier alpha value is -3.35. The predicted octanol–water partition coefficient (Wildman–Crippen LogP) is 4.25. The standard InChI is InChI=1S/C26H32N4O3/c1-5-28(18(2)3)20-12-10-19(11-13-20)27-23(31)15-17-29-25(33)21-8-6-7-9-22(21)30-24(32)14-16-26(29,30)4/h6-13,18H,5,14-17H2,1-4H3,(H,27,31). The van der Waals surface area contributed by atoms with Crippen molar-refractivity contribution in [2.24, 2.45) is 0 Å². The molecule has 2 aliphatic heterocycles. The third kappa shape index (κ3) is 4.08. The molecule has 0 saturated carbocycles. The van der Waals surface area contributed by atoms with Gasteiger partial charge in [0.05, 0.1) is 11.3 Å². The van der Waals surface area contributed by atoms with Crippen LogP contribution in [-0.2, 0) is 9.59 Å². The molecule has 33 heavy (non-hydrogen) atoms. The van der Waals surface area contributed by atoms with Gasteiger partial charge >= 0.3 is 0 Å². The zero-order valence-electron chi connectivity index (χ0n) is 19.8. The normalized spacial score (nSPS) is 19.5. The highest BCUT2D eigenvalue weighted by Crippen LogP contribution is 2.43. The fraction of sp³-hybridized carbons (Fsp3) is 0.423. The van der Waals surface area contributed by atoms with Crippen molar-refractivity contribution in [3.8, 4) is 0 Å². The minimum absolute atomic E-state index is 0.00881. The van der Waals surface area contributed by atoms with Crippen LogP contribution in [0.2, 0.25) is 0 Å². The molecule has 0 bridgehead atoms. The zero-order chi connectivity index (χ0) is 23.8. The van der Waals surface area contributed by atoms with Crippen LogP contribution in [0, 0.1) is 0 Å². The molecule has 174 valence electrons. The molecule has 0 radical (unpaired) electrons. The fourth-order valence-electron chi connectivity index (χ4n) is 5.06. The van der Waals surface area contributed by atoms with Crippen molar-refractivity contribution in [3.05, 3.63) is 54.1 Å². The number of carbonyl (C=O) groups is 3. The van der Waals surface area contributed by atoms with E-state index in [0.717, 1.165) is 17.9 Å². The lowest BCUT2D eigenvalue weighted by Crippen LogP contribution is -2.62. The van der Waals surface area contributed by atoms with E-state index in [9.17, 15) is 14.4 Å². The Balaban J connectivity index is 1.45. The Morgan fingerprint density at radius 3 is 2.48 bits per heavy atom. The van der Waals surface area contributed by atoms with Crippen molar-refractivity contribution in [2.45, 2.75) is 58.7 Å². The number of fused-ring (bicyclic) bond motifs is 3. The largest absolute Gasteiger partial charge is 0.369 e. The van der Waals surface area contributed by atoms with Gasteiger partial charge in [0, 0.05) is 43.3 Å². The number of benzene rings is 2. The highest BCUT2D eigenvalue weighted by Gasteiger charge is 2.52. The summed E-state index contributed by atoms with van der Waals surface area (Å²) in [4.78, 5) is 44.3. The lowest BCUT2D eigenvalue weighted by molar-refractivity contribution is -0.117. The molecule has 1 atom stereocenters. The van der Waals surface area contributed by atoms with Crippen molar-refractivity contribution in [1.82, 2.24) is 4.90 Å². The number of para-hydroxylation sites is 1. The molecule has 2 aliphatic rings. The second-order valence-electron chi connectivity index (χ2n) is 9.14. The summed E-state index contributed by atoms with van der Waals surface area (Å²) in [5.74, 6) is -0.288. The number of hydrogen-bond donors (Lipinski definition) is 1. The van der Waals surface area contributed by atoms with Crippen LogP contribution in [0.5, 0.6) is 0 Å². The Bertz CT molecular complexity index is 1070. The van der Waals surface area contributed by atoms with Crippen molar-refractivity contribution in [3.63, 3.8) is 0 Å². The second kappa shape index (κ2) is 8.89. The maximum Gasteiger partial charge on any atom is 0.257 e. The Kier molecular flexibility index (Phi) is 6.15. The predicted molar refractivity (Wildman–Crippen MR) is 130 cm³/mol. The van der Waals surface area contributed by atoms with Gasteiger partial charge < -0.3 is 15.1 Å². The third-order valence-corrected chi connectivity index (χ3v) is 6.75. The van der Waals surface area contributed by atoms with Gasteiger partial charge in [-0.05, 0) is 70.5 Å². The molecular weight excluding hydrogens is 416 g/mol. The van der Waals surface area contributed by atoms with Gasteiger partial charge in [0.2, 0.25) is 11.8 Å². The molecule has 7 heteroatoms. The van der Waals surface area contributed by atoms with Gasteiger partial charge in [-0.25, -0.2) is 0 Å². The highest BCUT2D eigenvalue weighted by molar-refractivity contribution is 6.10. The first kappa shape index (κ1) is 22.8. The summed E-state index contributed by atoms with van der Waals surface area (Å²) in [5, 5.41) is 2.93. The molecule has 2 aromatic rings. The van der Waals surface area contributed by atoms with Crippen molar-refractivity contribution in [1.29, 1.82) is 0 Å². The van der Waals surface area contributed by atoms with Crippen molar-refractivity contribution in [2.75, 3.05) is 28.2 Å². The number of amides is 3. The SMILES string of the molecule is CCN(c1ccc(NC(=O)CCN2C(=O)c3ccccc3N3C(=O)CCC23C)cc1)C(C)C. The van der Waals surface area contributed by atoms with E-state index in [1.807, 2.05) is 43.3 Å². The van der Waals surface area contributed by atoms with Gasteiger partial charge in [-0.2, -0.15) is 0 Å². The van der Waals surface area contributed by atoms with Crippen molar-refractivity contribution < 1.29 is 14.4 Å². The van der Waals surface area contributed by atoms with Crippen LogP contribution in [0.3, 0.4) is 0 Å². The summed E-state index contributed by atoms with van der Waals surface area (Å²) >= 11 is 0. The summed E-state index contributed by atoms with van der Waals surface area (Å²) in [6.45, 7) is 9.49. The highest BCUT2D eigenvalue weighted by atomic mass is 16.2. The molecule has 4 rings (SSSR count). The van der Waals surface area contributed by atoms with E-state index in [2.05, 4.69) is 31.0 Å². The first-order valence-electron chi connectivity index (χ1n) is 11.7. The summed E-state index contributed by atoms with van der Waals surface area (Å²) in [7, 11) is 0. The molecule has 3 amide bonds. The van der Waals surface area contributed by atoms with E-state index in [1.165, 1.54) is 0 Å². The van der Waals surface area contributed by atoms with Gasteiger partial charge in [0.1, 0.15) is 5.66 Å². The number of nitrogens with zero attached hydrogens (tertiary/aromatic N) is 3. The van der Waals surface area contributed by atoms with Crippen LogP contribution in [0.15, 0.2) is 48.5 Å².